The largest absolute Gasteiger partial charge is 0.492 e. The predicted molar refractivity (Wildman–Crippen MR) is 83.7 cm³/mol. The van der Waals surface area contributed by atoms with Crippen molar-refractivity contribution in [1.82, 2.24) is 5.32 Å². The molecule has 1 fully saturated rings. The molecule has 2 nitrogen and oxygen atoms in total. The van der Waals surface area contributed by atoms with Gasteiger partial charge in [0.1, 0.15) is 12.4 Å². The molecule has 3 heteroatoms. The zero-order valence-electron chi connectivity index (χ0n) is 11.7. The minimum Gasteiger partial charge on any atom is -0.492 e. The number of nitrogens with one attached hydrogen (secondary N) is 1. The molecular formula is C16H24BrNO. The summed E-state index contributed by atoms with van der Waals surface area (Å²) in [6.07, 6.45) is 6.79. The average Bonchev–Trinajstić information content (AvgIpc) is 2.44. The predicted octanol–water partition coefficient (Wildman–Crippen LogP) is 4.39. The third-order valence-electron chi connectivity index (χ3n) is 3.96. The van der Waals surface area contributed by atoms with Crippen molar-refractivity contribution in [3.63, 3.8) is 0 Å². The van der Waals surface area contributed by atoms with Crippen LogP contribution >= 0.6 is 15.9 Å². The van der Waals surface area contributed by atoms with Crippen molar-refractivity contribution >= 4 is 15.9 Å². The molecule has 0 aromatic heterocycles. The van der Waals surface area contributed by atoms with E-state index in [4.69, 9.17) is 4.74 Å². The van der Waals surface area contributed by atoms with Crippen LogP contribution in [0.5, 0.6) is 5.75 Å². The van der Waals surface area contributed by atoms with Gasteiger partial charge in [-0.25, -0.2) is 0 Å². The summed E-state index contributed by atoms with van der Waals surface area (Å²) < 4.78 is 6.80. The highest BCUT2D eigenvalue weighted by molar-refractivity contribution is 9.10. The normalized spacial score (nSPS) is 23.3. The van der Waals surface area contributed by atoms with Crippen molar-refractivity contribution in [2.24, 2.45) is 5.92 Å². The van der Waals surface area contributed by atoms with E-state index in [0.717, 1.165) is 29.3 Å². The van der Waals surface area contributed by atoms with Crippen LogP contribution in [0.1, 0.15) is 39.0 Å². The molecule has 0 spiro atoms. The molecule has 1 aliphatic carbocycles. The van der Waals surface area contributed by atoms with Crippen LogP contribution in [-0.4, -0.2) is 19.2 Å². The number of benzene rings is 1. The van der Waals surface area contributed by atoms with Crippen LogP contribution in [0.25, 0.3) is 0 Å². The van der Waals surface area contributed by atoms with Gasteiger partial charge in [0.05, 0.1) is 0 Å². The maximum absolute atomic E-state index is 5.74. The second-order valence-electron chi connectivity index (χ2n) is 5.40. The van der Waals surface area contributed by atoms with E-state index in [1.807, 2.05) is 24.3 Å². The molecular weight excluding hydrogens is 302 g/mol. The molecule has 0 amide bonds. The molecule has 1 saturated carbocycles. The van der Waals surface area contributed by atoms with Crippen molar-refractivity contribution < 1.29 is 4.74 Å². The van der Waals surface area contributed by atoms with Crippen molar-refractivity contribution in [1.29, 1.82) is 0 Å². The molecule has 0 radical (unpaired) electrons. The van der Waals surface area contributed by atoms with Crippen LogP contribution in [0.15, 0.2) is 28.7 Å². The highest BCUT2D eigenvalue weighted by Gasteiger charge is 2.19. The van der Waals surface area contributed by atoms with Gasteiger partial charge >= 0.3 is 0 Å². The molecule has 106 valence electrons. The minimum atomic E-state index is 0.699. The summed E-state index contributed by atoms with van der Waals surface area (Å²) in [6.45, 7) is 3.99. The molecule has 0 heterocycles. The standard InChI is InChI=1S/C16H24BrNO/c1-2-13-5-3-7-15(11-13)18-9-10-19-16-8-4-6-14(17)12-16/h4,6,8,12-13,15,18H,2-3,5,7,9-11H2,1H3. The lowest BCUT2D eigenvalue weighted by atomic mass is 9.84. The van der Waals surface area contributed by atoms with Gasteiger partial charge in [-0.3, -0.25) is 0 Å². The maximum Gasteiger partial charge on any atom is 0.120 e. The summed E-state index contributed by atoms with van der Waals surface area (Å²) in [5, 5.41) is 3.63. The Hall–Kier alpha value is -0.540. The third kappa shape index (κ3) is 5.15. The fourth-order valence-electron chi connectivity index (χ4n) is 2.84. The number of halogens is 1. The van der Waals surface area contributed by atoms with E-state index in [1.165, 1.54) is 32.1 Å². The zero-order chi connectivity index (χ0) is 13.5. The Kier molecular flexibility index (Phi) is 6.18. The topological polar surface area (TPSA) is 21.3 Å². The van der Waals surface area contributed by atoms with Gasteiger partial charge in [0.2, 0.25) is 0 Å². The van der Waals surface area contributed by atoms with Gasteiger partial charge < -0.3 is 10.1 Å². The summed E-state index contributed by atoms with van der Waals surface area (Å²) in [7, 11) is 0. The Morgan fingerprint density at radius 3 is 3.05 bits per heavy atom. The first kappa shape index (κ1) is 14.9. The molecule has 1 aliphatic rings. The Morgan fingerprint density at radius 2 is 2.26 bits per heavy atom. The summed E-state index contributed by atoms with van der Waals surface area (Å²) >= 11 is 3.45. The van der Waals surface area contributed by atoms with Crippen molar-refractivity contribution in [2.45, 2.75) is 45.1 Å². The molecule has 0 saturated heterocycles. The zero-order valence-corrected chi connectivity index (χ0v) is 13.3. The highest BCUT2D eigenvalue weighted by atomic mass is 79.9. The first-order valence-corrected chi connectivity index (χ1v) is 8.19. The van der Waals surface area contributed by atoms with E-state index in [1.54, 1.807) is 0 Å². The Labute approximate surface area is 125 Å². The SMILES string of the molecule is CCC1CCCC(NCCOc2cccc(Br)c2)C1. The Morgan fingerprint density at radius 1 is 1.37 bits per heavy atom. The number of hydrogen-bond acceptors (Lipinski definition) is 2. The molecule has 1 aromatic rings. The van der Waals surface area contributed by atoms with Gasteiger partial charge in [-0.2, -0.15) is 0 Å². The van der Waals surface area contributed by atoms with E-state index < -0.39 is 0 Å². The first-order chi connectivity index (χ1) is 9.28. The van der Waals surface area contributed by atoms with Crippen molar-refractivity contribution in [2.75, 3.05) is 13.2 Å². The third-order valence-corrected chi connectivity index (χ3v) is 4.45. The minimum absolute atomic E-state index is 0.699. The molecule has 1 aromatic carbocycles. The van der Waals surface area contributed by atoms with Gasteiger partial charge in [-0.05, 0) is 37.0 Å². The van der Waals surface area contributed by atoms with Gasteiger partial charge in [0.25, 0.3) is 0 Å². The lowest BCUT2D eigenvalue weighted by Gasteiger charge is -2.29. The second kappa shape index (κ2) is 7.91. The quantitative estimate of drug-likeness (QED) is 0.783. The molecule has 1 N–H and O–H groups in total. The van der Waals surface area contributed by atoms with Crippen LogP contribution in [0, 0.1) is 5.92 Å². The van der Waals surface area contributed by atoms with Crippen LogP contribution in [-0.2, 0) is 0 Å². The first-order valence-electron chi connectivity index (χ1n) is 7.39. The number of rotatable bonds is 6. The lowest BCUT2D eigenvalue weighted by molar-refractivity contribution is 0.254. The van der Waals surface area contributed by atoms with E-state index in [-0.39, 0.29) is 0 Å². The smallest absolute Gasteiger partial charge is 0.120 e. The molecule has 2 rings (SSSR count). The van der Waals surface area contributed by atoms with Crippen LogP contribution < -0.4 is 10.1 Å². The van der Waals surface area contributed by atoms with E-state index in [0.29, 0.717) is 6.04 Å². The Bertz CT molecular complexity index is 383. The molecule has 0 bridgehead atoms. The van der Waals surface area contributed by atoms with Gasteiger partial charge in [-0.1, -0.05) is 48.2 Å². The van der Waals surface area contributed by atoms with E-state index in [2.05, 4.69) is 28.2 Å². The van der Waals surface area contributed by atoms with E-state index >= 15 is 0 Å². The summed E-state index contributed by atoms with van der Waals surface area (Å²) in [4.78, 5) is 0. The highest BCUT2D eigenvalue weighted by Crippen LogP contribution is 2.26. The summed E-state index contributed by atoms with van der Waals surface area (Å²) in [5.41, 5.74) is 0. The maximum atomic E-state index is 5.74. The monoisotopic (exact) mass is 325 g/mol. The summed E-state index contributed by atoms with van der Waals surface area (Å²) in [6, 6.07) is 8.72. The van der Waals surface area contributed by atoms with Crippen LogP contribution in [0.4, 0.5) is 0 Å². The van der Waals surface area contributed by atoms with Crippen LogP contribution in [0.3, 0.4) is 0 Å². The Balaban J connectivity index is 1.64. The van der Waals surface area contributed by atoms with Gasteiger partial charge in [0.15, 0.2) is 0 Å². The fraction of sp³-hybridized carbons (Fsp3) is 0.625. The molecule has 2 atom stereocenters. The van der Waals surface area contributed by atoms with Gasteiger partial charge in [0, 0.05) is 17.1 Å². The van der Waals surface area contributed by atoms with E-state index in [9.17, 15) is 0 Å². The average molecular weight is 326 g/mol. The fourth-order valence-corrected chi connectivity index (χ4v) is 3.21. The molecule has 19 heavy (non-hydrogen) atoms. The van der Waals surface area contributed by atoms with Crippen molar-refractivity contribution in [3.05, 3.63) is 28.7 Å². The number of ether oxygens (including phenoxy) is 1. The van der Waals surface area contributed by atoms with Crippen LogP contribution in [0.2, 0.25) is 0 Å². The molecule has 0 aliphatic heterocycles. The molecule has 2 unspecified atom stereocenters. The second-order valence-corrected chi connectivity index (χ2v) is 6.31. The lowest BCUT2D eigenvalue weighted by Crippen LogP contribution is -2.36. The van der Waals surface area contributed by atoms with Gasteiger partial charge in [-0.15, -0.1) is 0 Å². The van der Waals surface area contributed by atoms with Crippen molar-refractivity contribution in [3.8, 4) is 5.75 Å². The summed E-state index contributed by atoms with van der Waals surface area (Å²) in [5.74, 6) is 1.86. The number of hydrogen-bond donors (Lipinski definition) is 1.